The van der Waals surface area contributed by atoms with Crippen molar-refractivity contribution in [2.45, 2.75) is 39.0 Å². The maximum absolute atomic E-state index is 13.1. The second-order valence-electron chi connectivity index (χ2n) is 6.05. The Labute approximate surface area is 141 Å². The van der Waals surface area contributed by atoms with E-state index >= 15 is 0 Å². The molecule has 0 spiro atoms. The molecule has 24 heavy (non-hydrogen) atoms. The van der Waals surface area contributed by atoms with Gasteiger partial charge in [-0.25, -0.2) is 4.39 Å². The van der Waals surface area contributed by atoms with Gasteiger partial charge in [-0.15, -0.1) is 0 Å². The standard InChI is InChI=1S/C19H21FN2O2/c1-3-16(21)14-6-9-18-17(10-14)22(19(23)12(2)24-18)11-13-4-7-15(20)8-5-13/h4-10,12,16H,3,11,21H2,1-2H3. The predicted molar refractivity (Wildman–Crippen MR) is 91.3 cm³/mol. The number of nitrogens with zero attached hydrogens (tertiary/aromatic N) is 1. The van der Waals surface area contributed by atoms with E-state index in [-0.39, 0.29) is 17.8 Å². The normalized spacial score (nSPS) is 18.1. The highest BCUT2D eigenvalue weighted by atomic mass is 19.1. The van der Waals surface area contributed by atoms with Crippen LogP contribution in [0.5, 0.6) is 5.75 Å². The van der Waals surface area contributed by atoms with Crippen LogP contribution in [0, 0.1) is 5.82 Å². The van der Waals surface area contributed by atoms with Gasteiger partial charge in [0.1, 0.15) is 11.6 Å². The minimum atomic E-state index is -0.552. The van der Waals surface area contributed by atoms with E-state index in [2.05, 4.69) is 0 Å². The van der Waals surface area contributed by atoms with Gasteiger partial charge >= 0.3 is 0 Å². The topological polar surface area (TPSA) is 55.6 Å². The molecule has 1 heterocycles. The monoisotopic (exact) mass is 328 g/mol. The van der Waals surface area contributed by atoms with Crippen LogP contribution in [-0.4, -0.2) is 12.0 Å². The van der Waals surface area contributed by atoms with Crippen molar-refractivity contribution in [3.05, 3.63) is 59.4 Å². The van der Waals surface area contributed by atoms with Crippen LogP contribution >= 0.6 is 0 Å². The van der Waals surface area contributed by atoms with E-state index in [4.69, 9.17) is 10.5 Å². The van der Waals surface area contributed by atoms with Gasteiger partial charge in [0, 0.05) is 6.04 Å². The molecule has 0 aliphatic carbocycles. The van der Waals surface area contributed by atoms with E-state index in [1.807, 2.05) is 25.1 Å². The van der Waals surface area contributed by atoms with E-state index in [0.29, 0.717) is 18.0 Å². The van der Waals surface area contributed by atoms with E-state index in [9.17, 15) is 9.18 Å². The lowest BCUT2D eigenvalue weighted by Crippen LogP contribution is -2.44. The number of benzene rings is 2. The van der Waals surface area contributed by atoms with Gasteiger partial charge in [0.15, 0.2) is 6.10 Å². The predicted octanol–water partition coefficient (Wildman–Crippen LogP) is 3.55. The summed E-state index contributed by atoms with van der Waals surface area (Å²) in [6, 6.07) is 11.8. The lowest BCUT2D eigenvalue weighted by molar-refractivity contribution is -0.125. The quantitative estimate of drug-likeness (QED) is 0.934. The zero-order chi connectivity index (χ0) is 17.3. The molecule has 1 amide bonds. The van der Waals surface area contributed by atoms with E-state index < -0.39 is 6.10 Å². The maximum atomic E-state index is 13.1. The number of carbonyl (C=O) groups excluding carboxylic acids is 1. The molecule has 0 saturated heterocycles. The number of halogens is 1. The number of fused-ring (bicyclic) bond motifs is 1. The van der Waals surface area contributed by atoms with Gasteiger partial charge in [0.2, 0.25) is 0 Å². The van der Waals surface area contributed by atoms with Crippen LogP contribution < -0.4 is 15.4 Å². The third-order valence-electron chi connectivity index (χ3n) is 4.31. The molecule has 1 aliphatic heterocycles. The average Bonchev–Trinajstić information content (AvgIpc) is 2.59. The summed E-state index contributed by atoms with van der Waals surface area (Å²) >= 11 is 0. The molecule has 126 valence electrons. The lowest BCUT2D eigenvalue weighted by Gasteiger charge is -2.33. The van der Waals surface area contributed by atoms with Gasteiger partial charge in [0.05, 0.1) is 12.2 Å². The molecule has 3 rings (SSSR count). The SMILES string of the molecule is CCC(N)c1ccc2c(c1)N(Cc1ccc(F)cc1)C(=O)C(C)O2. The first-order valence-electron chi connectivity index (χ1n) is 8.11. The van der Waals surface area contributed by atoms with Crippen molar-refractivity contribution >= 4 is 11.6 Å². The molecule has 1 aliphatic rings. The Kier molecular flexibility index (Phi) is 4.53. The minimum Gasteiger partial charge on any atom is -0.479 e. The summed E-state index contributed by atoms with van der Waals surface area (Å²) in [5.74, 6) is 0.252. The Bertz CT molecular complexity index is 746. The van der Waals surface area contributed by atoms with Crippen LogP contribution in [0.1, 0.15) is 37.4 Å². The van der Waals surface area contributed by atoms with E-state index in [0.717, 1.165) is 17.5 Å². The Balaban J connectivity index is 1.98. The second kappa shape index (κ2) is 6.61. The third kappa shape index (κ3) is 3.12. The zero-order valence-electron chi connectivity index (χ0n) is 13.8. The Morgan fingerprint density at radius 1 is 1.25 bits per heavy atom. The summed E-state index contributed by atoms with van der Waals surface area (Å²) in [7, 11) is 0. The molecule has 0 aromatic heterocycles. The van der Waals surface area contributed by atoms with Crippen molar-refractivity contribution in [1.82, 2.24) is 0 Å². The van der Waals surface area contributed by atoms with Gasteiger partial charge in [-0.1, -0.05) is 25.1 Å². The third-order valence-corrected chi connectivity index (χ3v) is 4.31. The molecule has 0 radical (unpaired) electrons. The van der Waals surface area contributed by atoms with Crippen LogP contribution in [0.25, 0.3) is 0 Å². The number of carbonyl (C=O) groups is 1. The highest BCUT2D eigenvalue weighted by molar-refractivity contribution is 5.99. The second-order valence-corrected chi connectivity index (χ2v) is 6.05. The van der Waals surface area contributed by atoms with Gasteiger partial charge in [-0.2, -0.15) is 0 Å². The zero-order valence-corrected chi connectivity index (χ0v) is 13.8. The molecular weight excluding hydrogens is 307 g/mol. The number of anilines is 1. The summed E-state index contributed by atoms with van der Waals surface area (Å²) < 4.78 is 18.8. The van der Waals surface area contributed by atoms with Crippen LogP contribution in [0.2, 0.25) is 0 Å². The first-order valence-corrected chi connectivity index (χ1v) is 8.11. The molecule has 0 fully saturated rings. The molecule has 0 bridgehead atoms. The fraction of sp³-hybridized carbons (Fsp3) is 0.316. The molecule has 2 atom stereocenters. The molecule has 2 unspecified atom stereocenters. The van der Waals surface area contributed by atoms with Gasteiger partial charge in [-0.05, 0) is 48.7 Å². The molecule has 2 N–H and O–H groups in total. The van der Waals surface area contributed by atoms with Crippen LogP contribution in [0.15, 0.2) is 42.5 Å². The number of rotatable bonds is 4. The molecule has 0 saturated carbocycles. The van der Waals surface area contributed by atoms with Gasteiger partial charge in [0.25, 0.3) is 5.91 Å². The summed E-state index contributed by atoms with van der Waals surface area (Å²) in [6.07, 6.45) is 0.255. The van der Waals surface area contributed by atoms with Crippen molar-refractivity contribution in [2.75, 3.05) is 4.90 Å². The summed E-state index contributed by atoms with van der Waals surface area (Å²) in [4.78, 5) is 14.3. The summed E-state index contributed by atoms with van der Waals surface area (Å²) in [5, 5.41) is 0. The highest BCUT2D eigenvalue weighted by Gasteiger charge is 2.32. The number of amides is 1. The van der Waals surface area contributed by atoms with Crippen molar-refractivity contribution < 1.29 is 13.9 Å². The largest absolute Gasteiger partial charge is 0.479 e. The van der Waals surface area contributed by atoms with E-state index in [1.165, 1.54) is 12.1 Å². The number of hydrogen-bond acceptors (Lipinski definition) is 3. The molecular formula is C19H21FN2O2. The summed E-state index contributed by atoms with van der Waals surface area (Å²) in [6.45, 7) is 4.11. The van der Waals surface area contributed by atoms with Crippen molar-refractivity contribution in [1.29, 1.82) is 0 Å². The Morgan fingerprint density at radius 2 is 1.96 bits per heavy atom. The Morgan fingerprint density at radius 3 is 2.62 bits per heavy atom. The van der Waals surface area contributed by atoms with E-state index in [1.54, 1.807) is 24.0 Å². The van der Waals surface area contributed by atoms with Crippen LogP contribution in [0.3, 0.4) is 0 Å². The number of ether oxygens (including phenoxy) is 1. The Hall–Kier alpha value is -2.40. The smallest absolute Gasteiger partial charge is 0.268 e. The van der Waals surface area contributed by atoms with Crippen LogP contribution in [-0.2, 0) is 11.3 Å². The lowest BCUT2D eigenvalue weighted by atomic mass is 10.0. The first kappa shape index (κ1) is 16.5. The molecule has 2 aromatic rings. The van der Waals surface area contributed by atoms with Crippen molar-refractivity contribution in [2.24, 2.45) is 5.73 Å². The molecule has 5 heteroatoms. The fourth-order valence-corrected chi connectivity index (χ4v) is 2.83. The number of nitrogens with two attached hydrogens (primary N) is 1. The maximum Gasteiger partial charge on any atom is 0.268 e. The highest BCUT2D eigenvalue weighted by Crippen LogP contribution is 2.37. The molecule has 2 aromatic carbocycles. The number of hydrogen-bond donors (Lipinski definition) is 1. The van der Waals surface area contributed by atoms with Gasteiger partial charge < -0.3 is 15.4 Å². The van der Waals surface area contributed by atoms with Crippen molar-refractivity contribution in [3.63, 3.8) is 0 Å². The van der Waals surface area contributed by atoms with Crippen LogP contribution in [0.4, 0.5) is 10.1 Å². The summed E-state index contributed by atoms with van der Waals surface area (Å²) in [5.41, 5.74) is 8.65. The fourth-order valence-electron chi connectivity index (χ4n) is 2.83. The first-order chi connectivity index (χ1) is 11.5. The molecule has 4 nitrogen and oxygen atoms in total. The minimum absolute atomic E-state index is 0.0857. The average molecular weight is 328 g/mol. The van der Waals surface area contributed by atoms with Crippen molar-refractivity contribution in [3.8, 4) is 5.75 Å². The van der Waals surface area contributed by atoms with Gasteiger partial charge in [-0.3, -0.25) is 4.79 Å².